The molecule has 0 aromatic heterocycles. The summed E-state index contributed by atoms with van der Waals surface area (Å²) in [6.45, 7) is 10.3. The zero-order chi connectivity index (χ0) is 38.3. The maximum atomic E-state index is 14.3. The van der Waals surface area contributed by atoms with Crippen LogP contribution in [0.1, 0.15) is 49.4 Å². The molecule has 1 aliphatic heterocycles. The van der Waals surface area contributed by atoms with Crippen LogP contribution in [0, 0.1) is 0 Å². The first-order valence-electron chi connectivity index (χ1n) is 18.7. The van der Waals surface area contributed by atoms with Gasteiger partial charge in [0.1, 0.15) is 30.0 Å². The Morgan fingerprint density at radius 1 is 0.704 bits per heavy atom. The fourth-order valence-corrected chi connectivity index (χ4v) is 6.87. The van der Waals surface area contributed by atoms with Gasteiger partial charge >= 0.3 is 5.97 Å². The van der Waals surface area contributed by atoms with E-state index < -0.39 is 48.0 Å². The van der Waals surface area contributed by atoms with Gasteiger partial charge in [-0.25, -0.2) is 4.79 Å². The van der Waals surface area contributed by atoms with Crippen molar-refractivity contribution in [2.75, 3.05) is 13.2 Å². The minimum atomic E-state index is -0.931. The highest BCUT2D eigenvalue weighted by atomic mass is 16.6. The first kappa shape index (κ1) is 40.5. The standard InChI is InChI=1S/C45H54N2O7/c1-5-26-47-38(28-40(49)46-37(44(50)54-45(2,3)4)27-33-18-10-6-11-19-33)41(51-30-34-20-12-7-13-21-34)43(53-32-36-24-16-9-17-25-36)42(39(47)29-48)52-31-35-22-14-8-15-23-35/h5-25,37-39,41-43,48H,1,26-32H2,2-4H3,(H,46,49)/t37-,38-,39-,41-,42+,43+/m0/s1. The molecular formula is C45H54N2O7. The molecule has 5 rings (SSSR count). The normalized spacial score (nSPS) is 20.9. The summed E-state index contributed by atoms with van der Waals surface area (Å²) in [5.41, 5.74) is 3.03. The number of likely N-dealkylation sites (tertiary alicyclic amines) is 1. The van der Waals surface area contributed by atoms with Crippen molar-refractivity contribution in [2.24, 2.45) is 0 Å². The average Bonchev–Trinajstić information content (AvgIpc) is 3.17. The summed E-state index contributed by atoms with van der Waals surface area (Å²) in [6, 6.07) is 37.0. The van der Waals surface area contributed by atoms with E-state index in [2.05, 4.69) is 11.9 Å². The maximum absolute atomic E-state index is 14.3. The maximum Gasteiger partial charge on any atom is 0.329 e. The van der Waals surface area contributed by atoms with Gasteiger partial charge in [-0.1, -0.05) is 127 Å². The molecule has 0 radical (unpaired) electrons. The lowest BCUT2D eigenvalue weighted by molar-refractivity contribution is -0.226. The summed E-state index contributed by atoms with van der Waals surface area (Å²) in [4.78, 5) is 29.8. The fraction of sp³-hybridized carbons (Fsp3) is 0.378. The molecule has 1 aliphatic rings. The van der Waals surface area contributed by atoms with Gasteiger partial charge in [-0.05, 0) is 43.0 Å². The van der Waals surface area contributed by atoms with E-state index in [1.807, 2.05) is 126 Å². The van der Waals surface area contributed by atoms with Gasteiger partial charge < -0.3 is 29.4 Å². The third kappa shape index (κ3) is 11.9. The molecule has 4 aromatic carbocycles. The second-order valence-corrected chi connectivity index (χ2v) is 14.6. The van der Waals surface area contributed by atoms with Crippen molar-refractivity contribution in [3.05, 3.63) is 156 Å². The summed E-state index contributed by atoms with van der Waals surface area (Å²) >= 11 is 0. The molecule has 6 atom stereocenters. The topological polar surface area (TPSA) is 107 Å². The molecular weight excluding hydrogens is 681 g/mol. The Morgan fingerprint density at radius 3 is 1.56 bits per heavy atom. The number of hydrogen-bond donors (Lipinski definition) is 2. The predicted molar refractivity (Wildman–Crippen MR) is 209 cm³/mol. The molecule has 0 unspecified atom stereocenters. The van der Waals surface area contributed by atoms with Crippen LogP contribution in [0.15, 0.2) is 134 Å². The first-order valence-corrected chi connectivity index (χ1v) is 18.7. The van der Waals surface area contributed by atoms with Crippen LogP contribution in [-0.2, 0) is 54.8 Å². The lowest BCUT2D eigenvalue weighted by atomic mass is 9.85. The van der Waals surface area contributed by atoms with Crippen LogP contribution in [0.3, 0.4) is 0 Å². The molecule has 1 fully saturated rings. The van der Waals surface area contributed by atoms with Gasteiger partial charge in [-0.3, -0.25) is 9.69 Å². The average molecular weight is 735 g/mol. The van der Waals surface area contributed by atoms with Crippen molar-refractivity contribution in [3.8, 4) is 0 Å². The number of esters is 1. The molecule has 0 spiro atoms. The van der Waals surface area contributed by atoms with Gasteiger partial charge in [-0.15, -0.1) is 6.58 Å². The number of benzene rings is 4. The number of nitrogens with one attached hydrogen (secondary N) is 1. The van der Waals surface area contributed by atoms with Crippen LogP contribution >= 0.6 is 0 Å². The van der Waals surface area contributed by atoms with Gasteiger partial charge in [0.05, 0.1) is 32.5 Å². The summed E-state index contributed by atoms with van der Waals surface area (Å²) in [7, 11) is 0. The lowest BCUT2D eigenvalue weighted by Gasteiger charge is -2.52. The molecule has 0 aliphatic carbocycles. The second-order valence-electron chi connectivity index (χ2n) is 14.6. The molecule has 286 valence electrons. The van der Waals surface area contributed by atoms with E-state index in [0.29, 0.717) is 6.54 Å². The SMILES string of the molecule is C=CCN1[C@@H](CC(=O)N[C@@H](Cc2ccccc2)C(=O)OC(C)(C)C)[C@H](OCc2ccccc2)[C@@H](OCc2ccccc2)[C@H](OCc2ccccc2)[C@@H]1CO. The van der Waals surface area contributed by atoms with Crippen molar-refractivity contribution in [1.82, 2.24) is 10.2 Å². The summed E-state index contributed by atoms with van der Waals surface area (Å²) in [5.74, 6) is -0.883. The van der Waals surface area contributed by atoms with Crippen molar-refractivity contribution in [2.45, 2.75) is 95.5 Å². The van der Waals surface area contributed by atoms with E-state index in [1.165, 1.54) is 0 Å². The molecule has 54 heavy (non-hydrogen) atoms. The third-order valence-corrected chi connectivity index (χ3v) is 9.34. The Hall–Kier alpha value is -4.64. The molecule has 9 heteroatoms. The van der Waals surface area contributed by atoms with Gasteiger partial charge in [0, 0.05) is 25.4 Å². The predicted octanol–water partition coefficient (Wildman–Crippen LogP) is 6.43. The van der Waals surface area contributed by atoms with Crippen molar-refractivity contribution >= 4 is 11.9 Å². The van der Waals surface area contributed by atoms with Gasteiger partial charge in [0.25, 0.3) is 0 Å². The minimum absolute atomic E-state index is 0.0610. The van der Waals surface area contributed by atoms with Gasteiger partial charge in [-0.2, -0.15) is 0 Å². The van der Waals surface area contributed by atoms with E-state index >= 15 is 0 Å². The van der Waals surface area contributed by atoms with E-state index in [1.54, 1.807) is 26.8 Å². The second kappa shape index (κ2) is 20.2. The number of carbonyl (C=O) groups excluding carboxylic acids is 2. The summed E-state index contributed by atoms with van der Waals surface area (Å²) in [6.07, 6.45) is -0.0915. The molecule has 1 amide bonds. The number of aliphatic hydroxyl groups is 1. The quantitative estimate of drug-likeness (QED) is 0.0891. The number of aliphatic hydroxyl groups excluding tert-OH is 1. The van der Waals surface area contributed by atoms with Gasteiger partial charge in [0.15, 0.2) is 0 Å². The van der Waals surface area contributed by atoms with Crippen LogP contribution in [-0.4, -0.2) is 77.1 Å². The van der Waals surface area contributed by atoms with Crippen molar-refractivity contribution in [1.29, 1.82) is 0 Å². The Morgan fingerprint density at radius 2 is 1.13 bits per heavy atom. The highest BCUT2D eigenvalue weighted by Crippen LogP contribution is 2.34. The fourth-order valence-electron chi connectivity index (χ4n) is 6.87. The Bertz CT molecular complexity index is 1720. The van der Waals surface area contributed by atoms with Crippen LogP contribution in [0.25, 0.3) is 0 Å². The molecule has 9 nitrogen and oxygen atoms in total. The van der Waals surface area contributed by atoms with Gasteiger partial charge in [0.2, 0.25) is 5.91 Å². The molecule has 1 heterocycles. The van der Waals surface area contributed by atoms with Crippen LogP contribution in [0.2, 0.25) is 0 Å². The third-order valence-electron chi connectivity index (χ3n) is 9.34. The Balaban J connectivity index is 1.50. The minimum Gasteiger partial charge on any atom is -0.458 e. The number of amides is 1. The largest absolute Gasteiger partial charge is 0.458 e. The zero-order valence-electron chi connectivity index (χ0n) is 31.6. The highest BCUT2D eigenvalue weighted by Gasteiger charge is 2.51. The van der Waals surface area contributed by atoms with E-state index in [0.717, 1.165) is 22.3 Å². The number of nitrogens with zero attached hydrogens (tertiary/aromatic N) is 1. The van der Waals surface area contributed by atoms with Crippen LogP contribution in [0.4, 0.5) is 0 Å². The highest BCUT2D eigenvalue weighted by molar-refractivity contribution is 5.85. The summed E-state index contributed by atoms with van der Waals surface area (Å²) in [5, 5.41) is 14.1. The van der Waals surface area contributed by atoms with Crippen LogP contribution in [0.5, 0.6) is 0 Å². The number of rotatable bonds is 18. The van der Waals surface area contributed by atoms with Crippen molar-refractivity contribution < 1.29 is 33.6 Å². The smallest absolute Gasteiger partial charge is 0.329 e. The summed E-state index contributed by atoms with van der Waals surface area (Å²) < 4.78 is 26.0. The molecule has 2 N–H and O–H groups in total. The first-order chi connectivity index (χ1) is 26.1. The number of hydrogen-bond acceptors (Lipinski definition) is 8. The molecule has 0 bridgehead atoms. The van der Waals surface area contributed by atoms with Crippen LogP contribution < -0.4 is 5.32 Å². The van der Waals surface area contributed by atoms with Crippen molar-refractivity contribution in [3.63, 3.8) is 0 Å². The molecule has 4 aromatic rings. The molecule has 0 saturated carbocycles. The van der Waals surface area contributed by atoms with E-state index in [4.69, 9.17) is 18.9 Å². The lowest BCUT2D eigenvalue weighted by Crippen LogP contribution is -2.69. The monoisotopic (exact) mass is 734 g/mol. The molecule has 1 saturated heterocycles. The Labute approximate surface area is 319 Å². The zero-order valence-corrected chi connectivity index (χ0v) is 31.6. The number of piperidine rings is 1. The Kier molecular flexibility index (Phi) is 15.1. The van der Waals surface area contributed by atoms with E-state index in [9.17, 15) is 14.7 Å². The number of carbonyl (C=O) groups is 2. The van der Waals surface area contributed by atoms with E-state index in [-0.39, 0.29) is 45.2 Å². The number of ether oxygens (including phenoxy) is 4.